The van der Waals surface area contributed by atoms with Crippen LogP contribution in [0.2, 0.25) is 0 Å². The van der Waals surface area contributed by atoms with Crippen LogP contribution >= 0.6 is 0 Å². The van der Waals surface area contributed by atoms with E-state index in [-0.39, 0.29) is 0 Å². The Morgan fingerprint density at radius 2 is 1.68 bits per heavy atom. The number of aliphatic hydroxyl groups is 1. The first-order valence-electron chi connectivity index (χ1n) is 8.25. The van der Waals surface area contributed by atoms with Crippen molar-refractivity contribution in [1.29, 1.82) is 0 Å². The normalized spacial score (nSPS) is 21.8. The van der Waals surface area contributed by atoms with Gasteiger partial charge in [0.25, 0.3) is 0 Å². The third-order valence-corrected chi connectivity index (χ3v) is 4.80. The SMILES string of the molecule is C[C@H](c1ccccc1)N(Cc1ccccc1)[C@@H]1C[C@H]1CCO. The molecule has 0 aromatic heterocycles. The van der Waals surface area contributed by atoms with E-state index in [1.807, 2.05) is 0 Å². The molecule has 1 aliphatic rings. The number of hydrogen-bond donors (Lipinski definition) is 1. The molecule has 0 aliphatic heterocycles. The molecule has 0 bridgehead atoms. The smallest absolute Gasteiger partial charge is 0.0434 e. The van der Waals surface area contributed by atoms with E-state index in [0.717, 1.165) is 13.0 Å². The lowest BCUT2D eigenvalue weighted by atomic mass is 10.1. The number of hydrogen-bond acceptors (Lipinski definition) is 2. The zero-order valence-corrected chi connectivity index (χ0v) is 13.2. The van der Waals surface area contributed by atoms with Crippen molar-refractivity contribution >= 4 is 0 Å². The van der Waals surface area contributed by atoms with Gasteiger partial charge < -0.3 is 5.11 Å². The van der Waals surface area contributed by atoms with Crippen LogP contribution in [0.5, 0.6) is 0 Å². The van der Waals surface area contributed by atoms with Gasteiger partial charge in [0.15, 0.2) is 0 Å². The van der Waals surface area contributed by atoms with Crippen molar-refractivity contribution in [2.45, 2.75) is 38.4 Å². The summed E-state index contributed by atoms with van der Waals surface area (Å²) in [6.45, 7) is 3.58. The minimum atomic E-state index is 0.306. The summed E-state index contributed by atoms with van der Waals surface area (Å²) >= 11 is 0. The first-order chi connectivity index (χ1) is 10.8. The molecule has 2 heteroatoms. The van der Waals surface area contributed by atoms with Crippen molar-refractivity contribution in [1.82, 2.24) is 4.90 Å². The quantitative estimate of drug-likeness (QED) is 0.834. The maximum Gasteiger partial charge on any atom is 0.0434 e. The van der Waals surface area contributed by atoms with E-state index < -0.39 is 0 Å². The lowest BCUT2D eigenvalue weighted by molar-refractivity contribution is 0.174. The fourth-order valence-corrected chi connectivity index (χ4v) is 3.37. The Morgan fingerprint density at radius 1 is 1.05 bits per heavy atom. The van der Waals surface area contributed by atoms with Gasteiger partial charge in [-0.3, -0.25) is 4.90 Å². The Bertz CT molecular complexity index is 569. The highest BCUT2D eigenvalue weighted by molar-refractivity contribution is 5.21. The molecule has 0 radical (unpaired) electrons. The summed E-state index contributed by atoms with van der Waals surface area (Å²) in [6.07, 6.45) is 2.14. The highest BCUT2D eigenvalue weighted by Gasteiger charge is 2.42. The zero-order valence-electron chi connectivity index (χ0n) is 13.2. The molecule has 2 aromatic carbocycles. The van der Waals surface area contributed by atoms with Crippen molar-refractivity contribution in [3.05, 3.63) is 71.8 Å². The van der Waals surface area contributed by atoms with E-state index in [1.54, 1.807) is 0 Å². The van der Waals surface area contributed by atoms with Crippen molar-refractivity contribution in [2.24, 2.45) is 5.92 Å². The summed E-state index contributed by atoms with van der Waals surface area (Å²) in [4.78, 5) is 2.60. The Morgan fingerprint density at radius 3 is 2.32 bits per heavy atom. The van der Waals surface area contributed by atoms with Crippen LogP contribution in [-0.2, 0) is 6.54 Å². The highest BCUT2D eigenvalue weighted by Crippen LogP contribution is 2.43. The Hall–Kier alpha value is -1.64. The first kappa shape index (κ1) is 15.3. The van der Waals surface area contributed by atoms with E-state index in [4.69, 9.17) is 0 Å². The standard InChI is InChI=1S/C20H25NO/c1-16(18-10-6-3-7-11-18)21(20-14-19(20)12-13-22)15-17-8-4-2-5-9-17/h2-11,16,19-20,22H,12-15H2,1H3/t16-,19-,20-/m1/s1. The molecular weight excluding hydrogens is 270 g/mol. The van der Waals surface area contributed by atoms with E-state index in [2.05, 4.69) is 72.5 Å². The van der Waals surface area contributed by atoms with Crippen molar-refractivity contribution in [3.8, 4) is 0 Å². The van der Waals surface area contributed by atoms with Crippen LogP contribution < -0.4 is 0 Å². The molecule has 1 saturated carbocycles. The van der Waals surface area contributed by atoms with Gasteiger partial charge in [-0.2, -0.15) is 0 Å². The molecule has 0 spiro atoms. The van der Waals surface area contributed by atoms with E-state index >= 15 is 0 Å². The van der Waals surface area contributed by atoms with Crippen molar-refractivity contribution in [2.75, 3.05) is 6.61 Å². The van der Waals surface area contributed by atoms with Crippen molar-refractivity contribution in [3.63, 3.8) is 0 Å². The summed E-state index contributed by atoms with van der Waals surface area (Å²) in [5.41, 5.74) is 2.73. The third-order valence-electron chi connectivity index (χ3n) is 4.80. The minimum Gasteiger partial charge on any atom is -0.396 e. The first-order valence-corrected chi connectivity index (χ1v) is 8.25. The predicted octanol–water partition coefficient (Wildman–Crippen LogP) is 4.02. The molecule has 0 unspecified atom stereocenters. The van der Waals surface area contributed by atoms with Gasteiger partial charge in [0.1, 0.15) is 0 Å². The number of rotatable bonds is 7. The molecule has 0 saturated heterocycles. The van der Waals surface area contributed by atoms with Gasteiger partial charge in [-0.1, -0.05) is 60.7 Å². The Labute approximate surface area is 133 Å². The topological polar surface area (TPSA) is 23.5 Å². The lowest BCUT2D eigenvalue weighted by Gasteiger charge is -2.30. The molecule has 22 heavy (non-hydrogen) atoms. The van der Waals surface area contributed by atoms with Gasteiger partial charge in [-0.05, 0) is 36.8 Å². The van der Waals surface area contributed by atoms with E-state index in [9.17, 15) is 5.11 Å². The average Bonchev–Trinajstić information content (AvgIpc) is 3.33. The van der Waals surface area contributed by atoms with Crippen LogP contribution in [0, 0.1) is 5.92 Å². The second-order valence-corrected chi connectivity index (χ2v) is 6.32. The number of benzene rings is 2. The maximum atomic E-state index is 9.20. The van der Waals surface area contributed by atoms with Crippen LogP contribution in [0.4, 0.5) is 0 Å². The van der Waals surface area contributed by atoms with Gasteiger partial charge in [0.2, 0.25) is 0 Å². The summed E-state index contributed by atoms with van der Waals surface area (Å²) in [7, 11) is 0. The van der Waals surface area contributed by atoms with Crippen LogP contribution in [0.1, 0.15) is 36.9 Å². The van der Waals surface area contributed by atoms with Crippen molar-refractivity contribution < 1.29 is 5.11 Å². The summed E-state index contributed by atoms with van der Waals surface area (Å²) in [5, 5.41) is 9.20. The van der Waals surface area contributed by atoms with Crippen LogP contribution in [0.15, 0.2) is 60.7 Å². The van der Waals surface area contributed by atoms with Crippen LogP contribution in [-0.4, -0.2) is 22.7 Å². The number of aliphatic hydroxyl groups excluding tert-OH is 1. The second-order valence-electron chi connectivity index (χ2n) is 6.32. The maximum absolute atomic E-state index is 9.20. The number of nitrogens with zero attached hydrogens (tertiary/aromatic N) is 1. The minimum absolute atomic E-state index is 0.306. The predicted molar refractivity (Wildman–Crippen MR) is 90.4 cm³/mol. The van der Waals surface area contributed by atoms with Gasteiger partial charge in [0, 0.05) is 25.2 Å². The molecule has 1 N–H and O–H groups in total. The van der Waals surface area contributed by atoms with Gasteiger partial charge in [0.05, 0.1) is 0 Å². The lowest BCUT2D eigenvalue weighted by Crippen LogP contribution is -2.30. The van der Waals surface area contributed by atoms with E-state index in [0.29, 0.717) is 24.6 Å². The summed E-state index contributed by atoms with van der Waals surface area (Å²) in [6, 6.07) is 22.4. The molecule has 2 aromatic rings. The second kappa shape index (κ2) is 7.08. The highest BCUT2D eigenvalue weighted by atomic mass is 16.3. The fourth-order valence-electron chi connectivity index (χ4n) is 3.37. The molecule has 0 heterocycles. The van der Waals surface area contributed by atoms with Crippen LogP contribution in [0.3, 0.4) is 0 Å². The molecule has 3 rings (SSSR count). The average molecular weight is 295 g/mol. The Balaban J connectivity index is 1.77. The molecule has 1 fully saturated rings. The largest absolute Gasteiger partial charge is 0.396 e. The molecule has 1 aliphatic carbocycles. The summed E-state index contributed by atoms with van der Waals surface area (Å²) < 4.78 is 0. The molecule has 0 amide bonds. The monoisotopic (exact) mass is 295 g/mol. The fraction of sp³-hybridized carbons (Fsp3) is 0.400. The molecule has 3 atom stereocenters. The molecular formula is C20H25NO. The van der Waals surface area contributed by atoms with Gasteiger partial charge >= 0.3 is 0 Å². The van der Waals surface area contributed by atoms with Gasteiger partial charge in [-0.15, -0.1) is 0 Å². The van der Waals surface area contributed by atoms with E-state index in [1.165, 1.54) is 17.5 Å². The summed E-state index contributed by atoms with van der Waals surface area (Å²) in [5.74, 6) is 0.653. The molecule has 116 valence electrons. The molecule has 2 nitrogen and oxygen atoms in total. The third kappa shape index (κ3) is 3.57. The van der Waals surface area contributed by atoms with Crippen LogP contribution in [0.25, 0.3) is 0 Å². The Kier molecular flexibility index (Phi) is 4.91. The zero-order chi connectivity index (χ0) is 15.4. The van der Waals surface area contributed by atoms with Gasteiger partial charge in [-0.25, -0.2) is 0 Å².